The van der Waals surface area contributed by atoms with Gasteiger partial charge in [-0.15, -0.1) is 0 Å². The molecule has 0 saturated carbocycles. The molecule has 1 aliphatic heterocycles. The third-order valence-electron chi connectivity index (χ3n) is 5.77. The molecule has 0 fully saturated rings. The fourth-order valence-corrected chi connectivity index (χ4v) is 4.06. The van der Waals surface area contributed by atoms with Crippen LogP contribution in [0.1, 0.15) is 37.0 Å². The first-order chi connectivity index (χ1) is 15.4. The molecule has 1 aliphatic rings. The van der Waals surface area contributed by atoms with E-state index in [1.807, 2.05) is 54.6 Å². The van der Waals surface area contributed by atoms with Gasteiger partial charge in [0.15, 0.2) is 0 Å². The van der Waals surface area contributed by atoms with Crippen molar-refractivity contribution in [3.05, 3.63) is 71.3 Å². The van der Waals surface area contributed by atoms with E-state index in [4.69, 9.17) is 4.74 Å². The molecule has 1 amide bonds. The quantitative estimate of drug-likeness (QED) is 0.480. The number of halogens is 1. The number of carboxylic acids is 1. The number of carbonyl (C=O) groups excluding carboxylic acids is 2. The number of aliphatic carboxylic acids is 1. The van der Waals surface area contributed by atoms with Crippen molar-refractivity contribution in [1.82, 2.24) is 10.2 Å². The Labute approximate surface area is 200 Å². The van der Waals surface area contributed by atoms with Gasteiger partial charge < -0.3 is 27.2 Å². The predicted molar refractivity (Wildman–Crippen MR) is 120 cm³/mol. The van der Waals surface area contributed by atoms with Gasteiger partial charge in [-0.1, -0.05) is 54.6 Å². The van der Waals surface area contributed by atoms with Gasteiger partial charge in [-0.25, -0.2) is 4.79 Å². The molecule has 0 aromatic heterocycles. The van der Waals surface area contributed by atoms with E-state index in [1.54, 1.807) is 13.8 Å². The number of amides is 1. The van der Waals surface area contributed by atoms with Crippen molar-refractivity contribution in [2.75, 3.05) is 6.61 Å². The molecule has 2 aromatic rings. The second-order valence-corrected chi connectivity index (χ2v) is 8.01. The Morgan fingerprint density at radius 2 is 1.73 bits per heavy atom. The third-order valence-corrected chi connectivity index (χ3v) is 5.77. The predicted octanol–water partition coefficient (Wildman–Crippen LogP) is -0.429. The molecule has 0 radical (unpaired) electrons. The van der Waals surface area contributed by atoms with E-state index in [2.05, 4.69) is 5.32 Å². The summed E-state index contributed by atoms with van der Waals surface area (Å²) in [4.78, 5) is 39.1. The topological polar surface area (TPSA) is 95.9 Å². The van der Waals surface area contributed by atoms with E-state index in [-0.39, 0.29) is 37.9 Å². The van der Waals surface area contributed by atoms with Crippen molar-refractivity contribution in [2.45, 2.75) is 57.8 Å². The molecular formula is C25H30ClN2O5-. The molecule has 3 rings (SSSR count). The number of carbonyl (C=O) groups is 3. The van der Waals surface area contributed by atoms with Gasteiger partial charge in [0.2, 0.25) is 5.91 Å². The molecular weight excluding hydrogens is 444 g/mol. The highest BCUT2D eigenvalue weighted by Gasteiger charge is 2.37. The number of nitrogens with one attached hydrogen (secondary N) is 1. The van der Waals surface area contributed by atoms with Crippen molar-refractivity contribution in [3.63, 3.8) is 0 Å². The van der Waals surface area contributed by atoms with Crippen LogP contribution in [0.5, 0.6) is 0 Å². The van der Waals surface area contributed by atoms with Crippen LogP contribution in [0.3, 0.4) is 0 Å². The number of aryl methyl sites for hydroxylation is 1. The van der Waals surface area contributed by atoms with Gasteiger partial charge >= 0.3 is 11.9 Å². The standard InChI is InChI=1S/C25H30N2O5.ClH/c1-3-32-25(31)21(14-13-18-9-5-4-6-10-18)26-17(2)23(28)27-16-20-12-8-7-11-19(20)15-22(27)24(29)30;/h4-12,17,21-22,26H,3,13-16H2,1-2H3,(H,29,30);1H/p-1. The molecule has 0 spiro atoms. The summed E-state index contributed by atoms with van der Waals surface area (Å²) >= 11 is 0. The van der Waals surface area contributed by atoms with Crippen LogP contribution in [0.25, 0.3) is 0 Å². The van der Waals surface area contributed by atoms with Crippen LogP contribution < -0.4 is 17.7 Å². The zero-order valence-corrected chi connectivity index (χ0v) is 19.6. The molecule has 0 aliphatic carbocycles. The molecule has 3 unspecified atom stereocenters. The second-order valence-electron chi connectivity index (χ2n) is 8.01. The minimum atomic E-state index is -1.04. The summed E-state index contributed by atoms with van der Waals surface area (Å²) in [6.07, 6.45) is 1.37. The molecule has 0 bridgehead atoms. The number of benzene rings is 2. The van der Waals surface area contributed by atoms with Gasteiger partial charge in [0.1, 0.15) is 12.1 Å². The molecule has 2 N–H and O–H groups in total. The second kappa shape index (κ2) is 12.4. The van der Waals surface area contributed by atoms with Gasteiger partial charge in [-0.05, 0) is 43.4 Å². The van der Waals surface area contributed by atoms with E-state index in [0.29, 0.717) is 12.8 Å². The van der Waals surface area contributed by atoms with Gasteiger partial charge in [0, 0.05) is 13.0 Å². The van der Waals surface area contributed by atoms with Crippen molar-refractivity contribution in [3.8, 4) is 0 Å². The van der Waals surface area contributed by atoms with Crippen LogP contribution in [-0.4, -0.2) is 52.6 Å². The van der Waals surface area contributed by atoms with E-state index in [0.717, 1.165) is 16.7 Å². The zero-order valence-electron chi connectivity index (χ0n) is 18.9. The lowest BCUT2D eigenvalue weighted by molar-refractivity contribution is -0.153. The van der Waals surface area contributed by atoms with Crippen molar-refractivity contribution in [2.24, 2.45) is 0 Å². The Hall–Kier alpha value is -2.90. The molecule has 178 valence electrons. The van der Waals surface area contributed by atoms with Gasteiger partial charge in [0.05, 0.1) is 12.6 Å². The Kier molecular flexibility index (Phi) is 9.88. The summed E-state index contributed by atoms with van der Waals surface area (Å²) < 4.78 is 5.20. The average molecular weight is 474 g/mol. The van der Waals surface area contributed by atoms with E-state index in [9.17, 15) is 19.5 Å². The van der Waals surface area contributed by atoms with Gasteiger partial charge in [-0.3, -0.25) is 14.9 Å². The summed E-state index contributed by atoms with van der Waals surface area (Å²) in [7, 11) is 0. The fraction of sp³-hybridized carbons (Fsp3) is 0.400. The molecule has 2 aromatic carbocycles. The Balaban J connectivity index is 0.00000385. The SMILES string of the molecule is CCOC(=O)C(CCc1ccccc1)NC(C)C(=O)N1Cc2ccccc2CC1C(=O)O.[Cl-]. The summed E-state index contributed by atoms with van der Waals surface area (Å²) in [6.45, 7) is 3.88. The lowest BCUT2D eigenvalue weighted by Gasteiger charge is -2.36. The van der Waals surface area contributed by atoms with Crippen molar-refractivity contribution in [1.29, 1.82) is 0 Å². The van der Waals surface area contributed by atoms with Crippen LogP contribution in [0.2, 0.25) is 0 Å². The fourth-order valence-electron chi connectivity index (χ4n) is 4.06. The van der Waals surface area contributed by atoms with Crippen LogP contribution in [0.15, 0.2) is 54.6 Å². The van der Waals surface area contributed by atoms with Crippen LogP contribution in [0, 0.1) is 0 Å². The average Bonchev–Trinajstić information content (AvgIpc) is 2.80. The largest absolute Gasteiger partial charge is 1.00 e. The first-order valence-corrected chi connectivity index (χ1v) is 11.0. The molecule has 0 saturated heterocycles. The zero-order chi connectivity index (χ0) is 23.1. The molecule has 3 atom stereocenters. The highest BCUT2D eigenvalue weighted by molar-refractivity contribution is 5.88. The molecule has 7 nitrogen and oxygen atoms in total. The highest BCUT2D eigenvalue weighted by Crippen LogP contribution is 2.24. The van der Waals surface area contributed by atoms with Crippen molar-refractivity contribution >= 4 is 17.8 Å². The summed E-state index contributed by atoms with van der Waals surface area (Å²) in [5, 5.41) is 12.8. The van der Waals surface area contributed by atoms with Crippen LogP contribution >= 0.6 is 0 Å². The van der Waals surface area contributed by atoms with Crippen molar-refractivity contribution < 1.29 is 36.6 Å². The number of carboxylic acid groups (broad SMARTS) is 1. The monoisotopic (exact) mass is 473 g/mol. The summed E-state index contributed by atoms with van der Waals surface area (Å²) in [6, 6.07) is 15.0. The van der Waals surface area contributed by atoms with E-state index < -0.39 is 30.1 Å². The number of esters is 1. The summed E-state index contributed by atoms with van der Waals surface area (Å²) in [5.41, 5.74) is 2.97. The molecule has 8 heteroatoms. The number of nitrogens with zero attached hydrogens (tertiary/aromatic N) is 1. The normalized spacial score (nSPS) is 16.7. The van der Waals surface area contributed by atoms with Crippen LogP contribution in [-0.2, 0) is 38.5 Å². The van der Waals surface area contributed by atoms with Gasteiger partial charge in [0.25, 0.3) is 0 Å². The third kappa shape index (κ3) is 6.79. The maximum atomic E-state index is 13.3. The smallest absolute Gasteiger partial charge is 0.326 e. The van der Waals surface area contributed by atoms with E-state index in [1.165, 1.54) is 4.90 Å². The lowest BCUT2D eigenvalue weighted by Crippen LogP contribution is -3.00. The number of ether oxygens (including phenoxy) is 1. The number of hydrogen-bond donors (Lipinski definition) is 2. The Bertz CT molecular complexity index is 953. The van der Waals surface area contributed by atoms with E-state index >= 15 is 0 Å². The first-order valence-electron chi connectivity index (χ1n) is 11.0. The minimum Gasteiger partial charge on any atom is -1.00 e. The Morgan fingerprint density at radius 1 is 1.09 bits per heavy atom. The number of fused-ring (bicyclic) bond motifs is 1. The van der Waals surface area contributed by atoms with Gasteiger partial charge in [-0.2, -0.15) is 0 Å². The maximum absolute atomic E-state index is 13.3. The number of rotatable bonds is 9. The Morgan fingerprint density at radius 3 is 2.36 bits per heavy atom. The summed E-state index contributed by atoms with van der Waals surface area (Å²) in [5.74, 6) is -1.80. The minimum absolute atomic E-state index is 0. The molecule has 1 heterocycles. The number of hydrogen-bond acceptors (Lipinski definition) is 5. The first kappa shape index (κ1) is 26.4. The maximum Gasteiger partial charge on any atom is 0.326 e. The van der Waals surface area contributed by atoms with Crippen LogP contribution in [0.4, 0.5) is 0 Å². The molecule has 33 heavy (non-hydrogen) atoms. The lowest BCUT2D eigenvalue weighted by atomic mass is 9.93. The highest BCUT2D eigenvalue weighted by atomic mass is 35.5.